The average Bonchev–Trinajstić information content (AvgIpc) is 3.06. The molecule has 0 spiro atoms. The molecule has 22 heavy (non-hydrogen) atoms. The van der Waals surface area contributed by atoms with Gasteiger partial charge in [-0.25, -0.2) is 9.78 Å². The Morgan fingerprint density at radius 2 is 2.23 bits per heavy atom. The molecule has 1 unspecified atom stereocenters. The highest BCUT2D eigenvalue weighted by molar-refractivity contribution is 6.30. The molecule has 0 N–H and O–H groups in total. The summed E-state index contributed by atoms with van der Waals surface area (Å²) < 4.78 is 10.8. The molecule has 0 aromatic carbocycles. The van der Waals surface area contributed by atoms with Crippen LogP contribution < -0.4 is 4.90 Å². The van der Waals surface area contributed by atoms with Crippen molar-refractivity contribution in [3.05, 3.63) is 23.4 Å². The van der Waals surface area contributed by atoms with E-state index >= 15 is 0 Å². The Morgan fingerprint density at radius 3 is 2.91 bits per heavy atom. The zero-order valence-corrected chi connectivity index (χ0v) is 13.2. The van der Waals surface area contributed by atoms with Gasteiger partial charge in [0.15, 0.2) is 0 Å². The van der Waals surface area contributed by atoms with Crippen molar-refractivity contribution >= 4 is 23.5 Å². The van der Waals surface area contributed by atoms with Gasteiger partial charge in [0, 0.05) is 44.0 Å². The van der Waals surface area contributed by atoms with Crippen LogP contribution in [0.25, 0.3) is 0 Å². The Labute approximate surface area is 135 Å². The minimum atomic E-state index is -0.255. The molecule has 3 heterocycles. The second-order valence-electron chi connectivity index (χ2n) is 5.52. The number of piperazine rings is 1. The van der Waals surface area contributed by atoms with E-state index in [2.05, 4.69) is 9.88 Å². The van der Waals surface area contributed by atoms with Crippen LogP contribution in [0.2, 0.25) is 5.02 Å². The molecule has 7 heteroatoms. The highest BCUT2D eigenvalue weighted by Gasteiger charge is 2.24. The molecule has 1 amide bonds. The van der Waals surface area contributed by atoms with Crippen molar-refractivity contribution in [1.29, 1.82) is 0 Å². The third-order valence-corrected chi connectivity index (χ3v) is 4.22. The van der Waals surface area contributed by atoms with E-state index in [0.717, 1.165) is 38.4 Å². The first-order valence-electron chi connectivity index (χ1n) is 7.62. The topological polar surface area (TPSA) is 54.9 Å². The van der Waals surface area contributed by atoms with Crippen molar-refractivity contribution in [2.24, 2.45) is 0 Å². The second-order valence-corrected chi connectivity index (χ2v) is 5.95. The minimum absolute atomic E-state index is 0.0703. The van der Waals surface area contributed by atoms with E-state index in [9.17, 15) is 4.79 Å². The molecule has 1 aromatic heterocycles. The van der Waals surface area contributed by atoms with Gasteiger partial charge in [0.25, 0.3) is 0 Å². The number of nitrogens with zero attached hydrogens (tertiary/aromatic N) is 3. The molecule has 1 aromatic rings. The van der Waals surface area contributed by atoms with E-state index < -0.39 is 0 Å². The van der Waals surface area contributed by atoms with Crippen molar-refractivity contribution in [3.63, 3.8) is 0 Å². The first-order valence-corrected chi connectivity index (χ1v) is 8.00. The number of amides is 1. The van der Waals surface area contributed by atoms with Gasteiger partial charge in [0.1, 0.15) is 12.4 Å². The number of hydrogen-bond donors (Lipinski definition) is 0. The minimum Gasteiger partial charge on any atom is -0.447 e. The monoisotopic (exact) mass is 325 g/mol. The smallest absolute Gasteiger partial charge is 0.409 e. The number of rotatable bonds is 3. The van der Waals surface area contributed by atoms with Crippen molar-refractivity contribution in [2.75, 3.05) is 44.3 Å². The summed E-state index contributed by atoms with van der Waals surface area (Å²) in [6.45, 7) is 3.82. The molecule has 2 aliphatic rings. The third kappa shape index (κ3) is 3.81. The molecule has 1 atom stereocenters. The molecule has 3 rings (SSSR count). The van der Waals surface area contributed by atoms with Crippen LogP contribution in [0.1, 0.15) is 12.8 Å². The van der Waals surface area contributed by atoms with E-state index in [1.54, 1.807) is 17.2 Å². The van der Waals surface area contributed by atoms with Gasteiger partial charge in [0.05, 0.1) is 6.10 Å². The van der Waals surface area contributed by atoms with E-state index in [0.29, 0.717) is 24.7 Å². The molecular weight excluding hydrogens is 306 g/mol. The lowest BCUT2D eigenvalue weighted by molar-refractivity contribution is 0.0293. The predicted molar refractivity (Wildman–Crippen MR) is 83.4 cm³/mol. The lowest BCUT2D eigenvalue weighted by Gasteiger charge is -2.34. The zero-order valence-electron chi connectivity index (χ0n) is 12.4. The maximum absolute atomic E-state index is 12.0. The number of ether oxygens (including phenoxy) is 2. The summed E-state index contributed by atoms with van der Waals surface area (Å²) >= 11 is 5.98. The summed E-state index contributed by atoms with van der Waals surface area (Å²) in [6.07, 6.45) is 3.53. The standard InChI is InChI=1S/C15H20ClN3O3/c16-12-3-4-17-14(10-12)18-5-7-19(8-6-18)15(20)22-11-13-2-1-9-21-13/h3-4,10,13H,1-2,5-9,11H2. The van der Waals surface area contributed by atoms with Gasteiger partial charge in [-0.15, -0.1) is 0 Å². The Bertz CT molecular complexity index is 515. The summed E-state index contributed by atoms with van der Waals surface area (Å²) in [7, 11) is 0. The molecule has 120 valence electrons. The molecule has 0 saturated carbocycles. The van der Waals surface area contributed by atoms with Crippen molar-refractivity contribution < 1.29 is 14.3 Å². The van der Waals surface area contributed by atoms with Gasteiger partial charge < -0.3 is 19.3 Å². The first-order chi connectivity index (χ1) is 10.7. The second kappa shape index (κ2) is 7.15. The number of aromatic nitrogens is 1. The molecule has 6 nitrogen and oxygen atoms in total. The summed E-state index contributed by atoms with van der Waals surface area (Å²) in [5, 5.41) is 0.670. The Morgan fingerprint density at radius 1 is 1.41 bits per heavy atom. The van der Waals surface area contributed by atoms with Crippen LogP contribution >= 0.6 is 11.6 Å². The maximum Gasteiger partial charge on any atom is 0.409 e. The summed E-state index contributed by atoms with van der Waals surface area (Å²) in [5.41, 5.74) is 0. The average molecular weight is 326 g/mol. The molecule has 0 aliphatic carbocycles. The largest absolute Gasteiger partial charge is 0.447 e. The Balaban J connectivity index is 1.45. The lowest BCUT2D eigenvalue weighted by Crippen LogP contribution is -2.49. The fraction of sp³-hybridized carbons (Fsp3) is 0.600. The predicted octanol–water partition coefficient (Wildman–Crippen LogP) is 2.17. The van der Waals surface area contributed by atoms with Gasteiger partial charge >= 0.3 is 6.09 Å². The van der Waals surface area contributed by atoms with Crippen LogP contribution in [-0.2, 0) is 9.47 Å². The Kier molecular flexibility index (Phi) is 5.00. The summed E-state index contributed by atoms with van der Waals surface area (Å²) in [4.78, 5) is 20.2. The molecular formula is C15H20ClN3O3. The fourth-order valence-corrected chi connectivity index (χ4v) is 2.87. The number of carbonyl (C=O) groups excluding carboxylic acids is 1. The highest BCUT2D eigenvalue weighted by Crippen LogP contribution is 2.18. The molecule has 2 fully saturated rings. The van der Waals surface area contributed by atoms with Gasteiger partial charge in [-0.05, 0) is 25.0 Å². The maximum atomic E-state index is 12.0. The van der Waals surface area contributed by atoms with Gasteiger partial charge in [0.2, 0.25) is 0 Å². The SMILES string of the molecule is O=C(OCC1CCCO1)N1CCN(c2cc(Cl)ccn2)CC1. The fourth-order valence-electron chi connectivity index (χ4n) is 2.72. The number of hydrogen-bond acceptors (Lipinski definition) is 5. The molecule has 0 radical (unpaired) electrons. The van der Waals surface area contributed by atoms with Crippen molar-refractivity contribution in [2.45, 2.75) is 18.9 Å². The van der Waals surface area contributed by atoms with Crippen molar-refractivity contribution in [3.8, 4) is 0 Å². The van der Waals surface area contributed by atoms with E-state index in [1.165, 1.54) is 0 Å². The van der Waals surface area contributed by atoms with Crippen LogP contribution in [-0.4, -0.2) is 61.5 Å². The molecule has 2 saturated heterocycles. The number of pyridine rings is 1. The third-order valence-electron chi connectivity index (χ3n) is 3.99. The van der Waals surface area contributed by atoms with Crippen LogP contribution in [0.3, 0.4) is 0 Å². The Hall–Kier alpha value is -1.53. The van der Waals surface area contributed by atoms with Crippen LogP contribution in [0.5, 0.6) is 0 Å². The van der Waals surface area contributed by atoms with Crippen LogP contribution in [0.15, 0.2) is 18.3 Å². The van der Waals surface area contributed by atoms with Crippen LogP contribution in [0.4, 0.5) is 10.6 Å². The van der Waals surface area contributed by atoms with Gasteiger partial charge in [-0.3, -0.25) is 0 Å². The van der Waals surface area contributed by atoms with E-state index in [4.69, 9.17) is 21.1 Å². The quantitative estimate of drug-likeness (QED) is 0.852. The number of halogens is 1. The first kappa shape index (κ1) is 15.4. The normalized spacial score (nSPS) is 22.0. The van der Waals surface area contributed by atoms with E-state index in [1.807, 2.05) is 6.07 Å². The van der Waals surface area contributed by atoms with E-state index in [-0.39, 0.29) is 12.2 Å². The summed E-state index contributed by atoms with van der Waals surface area (Å²) in [5.74, 6) is 0.847. The summed E-state index contributed by atoms with van der Waals surface area (Å²) in [6, 6.07) is 3.59. The number of anilines is 1. The lowest BCUT2D eigenvalue weighted by atomic mass is 10.2. The van der Waals surface area contributed by atoms with Crippen molar-refractivity contribution in [1.82, 2.24) is 9.88 Å². The van der Waals surface area contributed by atoms with Crippen LogP contribution in [0, 0.1) is 0 Å². The van der Waals surface area contributed by atoms with Gasteiger partial charge in [-0.1, -0.05) is 11.6 Å². The number of carbonyl (C=O) groups is 1. The van der Waals surface area contributed by atoms with Gasteiger partial charge in [-0.2, -0.15) is 0 Å². The highest BCUT2D eigenvalue weighted by atomic mass is 35.5. The molecule has 2 aliphatic heterocycles. The zero-order chi connectivity index (χ0) is 15.4. The molecule has 0 bridgehead atoms.